The van der Waals surface area contributed by atoms with Gasteiger partial charge in [0.25, 0.3) is 0 Å². The summed E-state index contributed by atoms with van der Waals surface area (Å²) in [6, 6.07) is 0. The highest BCUT2D eigenvalue weighted by molar-refractivity contribution is 5.53. The average molecular weight is 264 g/mol. The second kappa shape index (κ2) is 18.6. The van der Waals surface area contributed by atoms with Crippen LogP contribution < -0.4 is 0 Å². The van der Waals surface area contributed by atoms with Crippen LogP contribution >= 0.6 is 0 Å². The van der Waals surface area contributed by atoms with Gasteiger partial charge in [0, 0.05) is 0 Å². The van der Waals surface area contributed by atoms with Crippen LogP contribution in [0.1, 0.15) is 71.1 Å². The number of rotatable bonds is 11. The zero-order chi connectivity index (χ0) is 14.1. The summed E-state index contributed by atoms with van der Waals surface area (Å²) in [7, 11) is 0. The van der Waals surface area contributed by atoms with Crippen LogP contribution in [-0.4, -0.2) is 28.2 Å². The molecule has 3 N–H and O–H groups in total. The standard InChI is InChI=1S/C12H26O2.CH2O3/c1-2-3-4-5-6-7-8-9-10-11-12-14-13;2-1(3)4/h13H,2-12H2,1H3;(H2,2,3,4). The Morgan fingerprint density at radius 1 is 0.833 bits per heavy atom. The Morgan fingerprint density at radius 2 is 1.17 bits per heavy atom. The molecule has 0 aromatic carbocycles. The van der Waals surface area contributed by atoms with Gasteiger partial charge in [-0.2, -0.15) is 0 Å². The molecule has 0 aromatic heterocycles. The van der Waals surface area contributed by atoms with E-state index in [0.29, 0.717) is 6.61 Å². The highest BCUT2D eigenvalue weighted by Gasteiger charge is 1.92. The molecule has 0 saturated heterocycles. The van der Waals surface area contributed by atoms with Crippen LogP contribution in [0.4, 0.5) is 4.79 Å². The van der Waals surface area contributed by atoms with Crippen molar-refractivity contribution in [1.82, 2.24) is 0 Å². The third-order valence-electron chi connectivity index (χ3n) is 2.59. The minimum atomic E-state index is -1.83. The molecule has 0 unspecified atom stereocenters. The van der Waals surface area contributed by atoms with E-state index >= 15 is 0 Å². The first-order valence-electron chi connectivity index (χ1n) is 6.83. The molecule has 0 amide bonds. The van der Waals surface area contributed by atoms with Crippen LogP contribution in [0.2, 0.25) is 0 Å². The summed E-state index contributed by atoms with van der Waals surface area (Å²) in [5.74, 6) is 0. The van der Waals surface area contributed by atoms with Gasteiger partial charge in [0.15, 0.2) is 0 Å². The van der Waals surface area contributed by atoms with E-state index in [-0.39, 0.29) is 0 Å². The molecule has 0 fully saturated rings. The van der Waals surface area contributed by atoms with E-state index < -0.39 is 6.16 Å². The maximum absolute atomic E-state index is 8.56. The largest absolute Gasteiger partial charge is 0.503 e. The maximum atomic E-state index is 8.56. The fourth-order valence-electron chi connectivity index (χ4n) is 1.65. The molecule has 0 saturated carbocycles. The molecule has 0 bridgehead atoms. The molecule has 5 nitrogen and oxygen atoms in total. The maximum Gasteiger partial charge on any atom is 0.503 e. The zero-order valence-corrected chi connectivity index (χ0v) is 11.4. The summed E-state index contributed by atoms with van der Waals surface area (Å²) in [6.07, 6.45) is 11.3. The van der Waals surface area contributed by atoms with Crippen molar-refractivity contribution in [3.63, 3.8) is 0 Å². The zero-order valence-electron chi connectivity index (χ0n) is 11.4. The average Bonchev–Trinajstić information content (AvgIpc) is 2.31. The summed E-state index contributed by atoms with van der Waals surface area (Å²) < 4.78 is 0. The first kappa shape index (κ1) is 19.5. The third-order valence-corrected chi connectivity index (χ3v) is 2.59. The van der Waals surface area contributed by atoms with Crippen LogP contribution in [0.5, 0.6) is 0 Å². The Labute approximate surface area is 110 Å². The summed E-state index contributed by atoms with van der Waals surface area (Å²) in [5.41, 5.74) is 0. The Hall–Kier alpha value is -0.810. The smallest absolute Gasteiger partial charge is 0.450 e. The normalized spacial score (nSPS) is 9.67. The van der Waals surface area contributed by atoms with Gasteiger partial charge in [-0.15, -0.1) is 0 Å². The van der Waals surface area contributed by atoms with E-state index in [9.17, 15) is 0 Å². The first-order valence-corrected chi connectivity index (χ1v) is 6.83. The molecule has 0 spiro atoms. The lowest BCUT2D eigenvalue weighted by molar-refractivity contribution is -0.242. The van der Waals surface area contributed by atoms with E-state index in [4.69, 9.17) is 20.3 Å². The van der Waals surface area contributed by atoms with Crippen molar-refractivity contribution in [2.75, 3.05) is 6.61 Å². The van der Waals surface area contributed by atoms with E-state index in [1.165, 1.54) is 57.8 Å². The molecule has 0 aromatic rings. The van der Waals surface area contributed by atoms with E-state index in [2.05, 4.69) is 11.8 Å². The van der Waals surface area contributed by atoms with Gasteiger partial charge in [-0.05, 0) is 6.42 Å². The van der Waals surface area contributed by atoms with Crippen molar-refractivity contribution in [2.45, 2.75) is 71.1 Å². The fraction of sp³-hybridized carbons (Fsp3) is 0.923. The van der Waals surface area contributed by atoms with E-state index in [1.807, 2.05) is 0 Å². The van der Waals surface area contributed by atoms with Crippen LogP contribution in [0.25, 0.3) is 0 Å². The minimum absolute atomic E-state index is 0.497. The van der Waals surface area contributed by atoms with Crippen molar-refractivity contribution in [3.8, 4) is 0 Å². The summed E-state index contributed by atoms with van der Waals surface area (Å²) in [5, 5.41) is 22.0. The predicted molar refractivity (Wildman–Crippen MR) is 71.1 cm³/mol. The molecule has 0 aliphatic carbocycles. The van der Waals surface area contributed by atoms with Crippen molar-refractivity contribution in [1.29, 1.82) is 0 Å². The van der Waals surface area contributed by atoms with E-state index in [1.54, 1.807) is 0 Å². The van der Waals surface area contributed by atoms with Crippen molar-refractivity contribution < 1.29 is 25.2 Å². The predicted octanol–water partition coefficient (Wildman–Crippen LogP) is 4.62. The summed E-state index contributed by atoms with van der Waals surface area (Å²) in [4.78, 5) is 12.6. The second-order valence-corrected chi connectivity index (χ2v) is 4.30. The van der Waals surface area contributed by atoms with E-state index in [0.717, 1.165) is 6.42 Å². The summed E-state index contributed by atoms with van der Waals surface area (Å²) in [6.45, 7) is 2.75. The quantitative estimate of drug-likeness (QED) is 0.288. The second-order valence-electron chi connectivity index (χ2n) is 4.30. The van der Waals surface area contributed by atoms with Crippen LogP contribution in [0, 0.1) is 0 Å². The van der Waals surface area contributed by atoms with Gasteiger partial charge in [0.05, 0.1) is 6.61 Å². The SMILES string of the molecule is CCCCCCCCCCCCOO.O=C(O)O. The molecule has 0 heterocycles. The Kier molecular flexibility index (Phi) is 20.1. The molecule has 0 aliphatic heterocycles. The topological polar surface area (TPSA) is 87.0 Å². The molecule has 0 rings (SSSR count). The van der Waals surface area contributed by atoms with Crippen LogP contribution in [0.15, 0.2) is 0 Å². The molecule has 0 atom stereocenters. The molecule has 110 valence electrons. The highest BCUT2D eigenvalue weighted by Crippen LogP contribution is 2.10. The lowest BCUT2D eigenvalue weighted by atomic mass is 10.1. The Balaban J connectivity index is 0. The Morgan fingerprint density at radius 3 is 1.50 bits per heavy atom. The van der Waals surface area contributed by atoms with Crippen molar-refractivity contribution in [2.24, 2.45) is 0 Å². The lowest BCUT2D eigenvalue weighted by Crippen LogP contribution is -1.88. The molecule has 0 radical (unpaired) electrons. The fourth-order valence-corrected chi connectivity index (χ4v) is 1.65. The van der Waals surface area contributed by atoms with Gasteiger partial charge < -0.3 is 10.2 Å². The van der Waals surface area contributed by atoms with Gasteiger partial charge in [0.2, 0.25) is 0 Å². The number of hydrogen-bond donors (Lipinski definition) is 3. The molecule has 18 heavy (non-hydrogen) atoms. The Bertz CT molecular complexity index is 145. The van der Waals surface area contributed by atoms with Gasteiger partial charge in [-0.3, -0.25) is 5.26 Å². The van der Waals surface area contributed by atoms with Crippen molar-refractivity contribution >= 4 is 6.16 Å². The number of carboxylic acid groups (broad SMARTS) is 2. The number of unbranched alkanes of at least 4 members (excludes halogenated alkanes) is 9. The third kappa shape index (κ3) is 29.5. The van der Waals surface area contributed by atoms with Gasteiger partial charge in [0.1, 0.15) is 0 Å². The first-order chi connectivity index (χ1) is 8.65. The monoisotopic (exact) mass is 264 g/mol. The number of carbonyl (C=O) groups is 1. The van der Waals surface area contributed by atoms with Crippen LogP contribution in [-0.2, 0) is 4.89 Å². The summed E-state index contributed by atoms with van der Waals surface area (Å²) >= 11 is 0. The van der Waals surface area contributed by atoms with Crippen molar-refractivity contribution in [3.05, 3.63) is 0 Å². The molecule has 5 heteroatoms. The van der Waals surface area contributed by atoms with Gasteiger partial charge >= 0.3 is 6.16 Å². The van der Waals surface area contributed by atoms with Crippen LogP contribution in [0.3, 0.4) is 0 Å². The number of hydrogen-bond acceptors (Lipinski definition) is 3. The molecular formula is C13H28O5. The van der Waals surface area contributed by atoms with Gasteiger partial charge in [-0.25, -0.2) is 9.68 Å². The highest BCUT2D eigenvalue weighted by atomic mass is 17.1. The molecular weight excluding hydrogens is 236 g/mol. The lowest BCUT2D eigenvalue weighted by Gasteiger charge is -2.01. The van der Waals surface area contributed by atoms with Gasteiger partial charge in [-0.1, -0.05) is 64.7 Å². The molecule has 0 aliphatic rings. The minimum Gasteiger partial charge on any atom is -0.450 e.